The number of imidazole rings is 1. The summed E-state index contributed by atoms with van der Waals surface area (Å²) >= 11 is 0. The normalized spacial score (nSPS) is 11.1. The first-order valence-corrected chi connectivity index (χ1v) is 6.96. The molecule has 3 rings (SSSR count). The lowest BCUT2D eigenvalue weighted by molar-refractivity contribution is 0.318. The molecule has 0 aliphatic carbocycles. The van der Waals surface area contributed by atoms with Crippen LogP contribution in [-0.2, 0) is 0 Å². The van der Waals surface area contributed by atoms with Gasteiger partial charge in [0.15, 0.2) is 11.5 Å². The number of para-hydroxylation sites is 3. The van der Waals surface area contributed by atoms with Crippen molar-refractivity contribution in [2.45, 2.75) is 6.92 Å². The number of benzene rings is 2. The van der Waals surface area contributed by atoms with Gasteiger partial charge in [-0.3, -0.25) is 0 Å². The molecule has 112 valence electrons. The van der Waals surface area contributed by atoms with E-state index in [2.05, 4.69) is 20.5 Å². The summed E-state index contributed by atoms with van der Waals surface area (Å²) in [7, 11) is 0. The molecular weight excluding hydrogens is 280 g/mol. The molecular formula is C16H16N4O2. The molecule has 0 fully saturated rings. The lowest BCUT2D eigenvalue weighted by Gasteiger charge is -2.06. The zero-order valence-electron chi connectivity index (χ0n) is 12.1. The second-order valence-electron chi connectivity index (χ2n) is 4.60. The zero-order chi connectivity index (χ0) is 15.4. The van der Waals surface area contributed by atoms with Crippen LogP contribution >= 0.6 is 0 Å². The van der Waals surface area contributed by atoms with Gasteiger partial charge in [-0.2, -0.15) is 5.10 Å². The highest BCUT2D eigenvalue weighted by atomic mass is 16.5. The molecule has 1 aromatic heterocycles. The summed E-state index contributed by atoms with van der Waals surface area (Å²) in [5.41, 5.74) is 5.17. The number of rotatable bonds is 5. The first-order valence-electron chi connectivity index (χ1n) is 6.96. The van der Waals surface area contributed by atoms with Crippen LogP contribution in [0.4, 0.5) is 5.95 Å². The average Bonchev–Trinajstić information content (AvgIpc) is 2.94. The number of nitrogens with zero attached hydrogens (tertiary/aromatic N) is 2. The second-order valence-corrected chi connectivity index (χ2v) is 4.60. The van der Waals surface area contributed by atoms with Crippen molar-refractivity contribution in [3.63, 3.8) is 0 Å². The molecule has 0 amide bonds. The summed E-state index contributed by atoms with van der Waals surface area (Å²) in [5, 5.41) is 14.1. The summed E-state index contributed by atoms with van der Waals surface area (Å²) in [6.45, 7) is 2.36. The standard InChI is InChI=1S/C16H16N4O2/c1-2-22-14-9-5-6-11(15(14)21)10-17-20-16-18-12-7-3-4-8-13(12)19-16/h3-10,21H,2H2,1H3,(H2,18,19,20)/b17-10+. The molecule has 6 heteroatoms. The number of ether oxygens (including phenoxy) is 1. The Labute approximate surface area is 127 Å². The maximum absolute atomic E-state index is 10.1. The summed E-state index contributed by atoms with van der Waals surface area (Å²) in [4.78, 5) is 7.45. The van der Waals surface area contributed by atoms with Crippen molar-refractivity contribution in [1.29, 1.82) is 0 Å². The Morgan fingerprint density at radius 2 is 2.14 bits per heavy atom. The van der Waals surface area contributed by atoms with Gasteiger partial charge < -0.3 is 14.8 Å². The number of nitrogens with one attached hydrogen (secondary N) is 2. The molecule has 3 N–H and O–H groups in total. The van der Waals surface area contributed by atoms with Gasteiger partial charge in [0.1, 0.15) is 0 Å². The zero-order valence-corrected chi connectivity index (χ0v) is 12.1. The summed E-state index contributed by atoms with van der Waals surface area (Å²) < 4.78 is 5.33. The van der Waals surface area contributed by atoms with E-state index in [1.54, 1.807) is 18.2 Å². The van der Waals surface area contributed by atoms with Crippen LogP contribution < -0.4 is 10.2 Å². The van der Waals surface area contributed by atoms with Crippen LogP contribution in [0.2, 0.25) is 0 Å². The fourth-order valence-electron chi connectivity index (χ4n) is 2.08. The largest absolute Gasteiger partial charge is 0.504 e. The molecule has 3 aromatic rings. The Hall–Kier alpha value is -3.02. The van der Waals surface area contributed by atoms with E-state index in [4.69, 9.17) is 4.74 Å². The molecule has 0 saturated carbocycles. The monoisotopic (exact) mass is 296 g/mol. The van der Waals surface area contributed by atoms with Gasteiger partial charge in [0.2, 0.25) is 5.95 Å². The number of aromatic amines is 1. The predicted octanol–water partition coefficient (Wildman–Crippen LogP) is 3.11. The van der Waals surface area contributed by atoms with E-state index in [-0.39, 0.29) is 5.75 Å². The third kappa shape index (κ3) is 2.85. The number of hydrazone groups is 1. The number of hydrogen-bond acceptors (Lipinski definition) is 5. The maximum Gasteiger partial charge on any atom is 0.222 e. The van der Waals surface area contributed by atoms with Crippen molar-refractivity contribution < 1.29 is 9.84 Å². The van der Waals surface area contributed by atoms with Crippen LogP contribution in [0.25, 0.3) is 11.0 Å². The molecule has 22 heavy (non-hydrogen) atoms. The molecule has 0 unspecified atom stereocenters. The summed E-state index contributed by atoms with van der Waals surface area (Å²) in [6.07, 6.45) is 1.52. The van der Waals surface area contributed by atoms with Gasteiger partial charge in [-0.25, -0.2) is 10.4 Å². The number of aromatic hydroxyl groups is 1. The topological polar surface area (TPSA) is 82.5 Å². The average molecular weight is 296 g/mol. The molecule has 1 heterocycles. The van der Waals surface area contributed by atoms with E-state index in [0.717, 1.165) is 11.0 Å². The number of aromatic nitrogens is 2. The first kappa shape index (κ1) is 13.9. The van der Waals surface area contributed by atoms with Crippen molar-refractivity contribution in [2.75, 3.05) is 12.0 Å². The highest BCUT2D eigenvalue weighted by Gasteiger charge is 2.05. The first-order chi connectivity index (χ1) is 10.8. The highest BCUT2D eigenvalue weighted by molar-refractivity contribution is 5.85. The number of fused-ring (bicyclic) bond motifs is 1. The van der Waals surface area contributed by atoms with Crippen molar-refractivity contribution in [2.24, 2.45) is 5.10 Å². The van der Waals surface area contributed by atoms with Gasteiger partial charge in [0.05, 0.1) is 23.9 Å². The molecule has 0 bridgehead atoms. The van der Waals surface area contributed by atoms with Crippen LogP contribution in [0.3, 0.4) is 0 Å². The molecule has 0 spiro atoms. The van der Waals surface area contributed by atoms with Crippen LogP contribution in [0.1, 0.15) is 12.5 Å². The molecule has 0 aliphatic rings. The number of phenolic OH excluding ortho intramolecular Hbond substituents is 1. The maximum atomic E-state index is 10.1. The van der Waals surface area contributed by atoms with Gasteiger partial charge in [-0.05, 0) is 31.2 Å². The Balaban J connectivity index is 1.75. The third-order valence-corrected chi connectivity index (χ3v) is 3.09. The van der Waals surface area contributed by atoms with Gasteiger partial charge in [0, 0.05) is 5.56 Å². The van der Waals surface area contributed by atoms with E-state index >= 15 is 0 Å². The van der Waals surface area contributed by atoms with E-state index < -0.39 is 0 Å². The van der Waals surface area contributed by atoms with E-state index in [1.807, 2.05) is 31.2 Å². The van der Waals surface area contributed by atoms with Gasteiger partial charge in [0.25, 0.3) is 0 Å². The molecule has 0 aliphatic heterocycles. The minimum atomic E-state index is 0.0690. The lowest BCUT2D eigenvalue weighted by atomic mass is 10.2. The molecule has 6 nitrogen and oxygen atoms in total. The van der Waals surface area contributed by atoms with E-state index in [0.29, 0.717) is 23.9 Å². The van der Waals surface area contributed by atoms with Crippen molar-refractivity contribution in [3.05, 3.63) is 48.0 Å². The van der Waals surface area contributed by atoms with Crippen LogP contribution in [0.15, 0.2) is 47.6 Å². The van der Waals surface area contributed by atoms with Crippen LogP contribution in [-0.4, -0.2) is 27.9 Å². The summed E-state index contributed by atoms with van der Waals surface area (Å²) in [5.74, 6) is 1.05. The SMILES string of the molecule is CCOc1cccc(/C=N/Nc2nc3ccccc3[nH]2)c1O. The van der Waals surface area contributed by atoms with Gasteiger partial charge >= 0.3 is 0 Å². The van der Waals surface area contributed by atoms with Crippen molar-refractivity contribution in [3.8, 4) is 11.5 Å². The number of phenols is 1. The third-order valence-electron chi connectivity index (χ3n) is 3.09. The Morgan fingerprint density at radius 3 is 2.95 bits per heavy atom. The Bertz CT molecular complexity index is 778. The fraction of sp³-hybridized carbons (Fsp3) is 0.125. The van der Waals surface area contributed by atoms with E-state index in [1.165, 1.54) is 6.21 Å². The van der Waals surface area contributed by atoms with Gasteiger partial charge in [-0.1, -0.05) is 18.2 Å². The molecule has 0 radical (unpaired) electrons. The number of anilines is 1. The number of H-pyrrole nitrogens is 1. The van der Waals surface area contributed by atoms with Crippen molar-refractivity contribution >= 4 is 23.2 Å². The lowest BCUT2D eigenvalue weighted by Crippen LogP contribution is -1.95. The van der Waals surface area contributed by atoms with Crippen molar-refractivity contribution in [1.82, 2.24) is 9.97 Å². The minimum Gasteiger partial charge on any atom is -0.504 e. The Kier molecular flexibility index (Phi) is 3.91. The molecule has 0 atom stereocenters. The van der Waals surface area contributed by atoms with Crippen LogP contribution in [0.5, 0.6) is 11.5 Å². The fourth-order valence-corrected chi connectivity index (χ4v) is 2.08. The number of hydrogen-bond donors (Lipinski definition) is 3. The highest BCUT2D eigenvalue weighted by Crippen LogP contribution is 2.28. The smallest absolute Gasteiger partial charge is 0.222 e. The predicted molar refractivity (Wildman–Crippen MR) is 86.6 cm³/mol. The molecule has 2 aromatic carbocycles. The van der Waals surface area contributed by atoms with E-state index in [9.17, 15) is 5.11 Å². The Morgan fingerprint density at radius 1 is 1.27 bits per heavy atom. The minimum absolute atomic E-state index is 0.0690. The second kappa shape index (κ2) is 6.17. The van der Waals surface area contributed by atoms with Gasteiger partial charge in [-0.15, -0.1) is 0 Å². The summed E-state index contributed by atoms with van der Waals surface area (Å²) in [6, 6.07) is 13.0. The molecule has 0 saturated heterocycles. The van der Waals surface area contributed by atoms with Crippen LogP contribution in [0, 0.1) is 0 Å². The quantitative estimate of drug-likeness (QED) is 0.499.